The zero-order chi connectivity index (χ0) is 18.2. The van der Waals surface area contributed by atoms with Crippen molar-refractivity contribution in [1.82, 2.24) is 10.2 Å². The van der Waals surface area contributed by atoms with Gasteiger partial charge in [-0.2, -0.15) is 0 Å². The van der Waals surface area contributed by atoms with E-state index in [4.69, 9.17) is 5.73 Å². The van der Waals surface area contributed by atoms with Crippen LogP contribution < -0.4 is 11.1 Å². The first-order valence-electron chi connectivity index (χ1n) is 8.35. The molecule has 0 aliphatic rings. The topological polar surface area (TPSA) is 75.4 Å². The molecule has 0 saturated carbocycles. The van der Waals surface area contributed by atoms with Crippen molar-refractivity contribution >= 4 is 11.8 Å². The molecule has 0 aliphatic heterocycles. The minimum absolute atomic E-state index is 0.0317. The third-order valence-electron chi connectivity index (χ3n) is 3.93. The Morgan fingerprint density at radius 2 is 1.72 bits per heavy atom. The van der Waals surface area contributed by atoms with Crippen molar-refractivity contribution in [1.29, 1.82) is 0 Å². The molecule has 2 aromatic carbocycles. The fourth-order valence-electron chi connectivity index (χ4n) is 2.54. The number of carbonyl (C=O) groups is 2. The lowest BCUT2D eigenvalue weighted by molar-refractivity contribution is -0.122. The van der Waals surface area contributed by atoms with E-state index in [1.165, 1.54) is 0 Å². The highest BCUT2D eigenvalue weighted by molar-refractivity contribution is 5.94. The molecule has 5 nitrogen and oxygen atoms in total. The zero-order valence-electron chi connectivity index (χ0n) is 14.7. The standard InChI is InChI=1S/C20H25N3O2/c1-23(2)20(25)17-10-6-9-16(13-17)11-12-22-19(24)18(21)14-15-7-4-3-5-8-15/h3-10,13,18H,11-12,14,21H2,1-2H3,(H,22,24)/t18-/m0/s1. The van der Waals surface area contributed by atoms with Crippen molar-refractivity contribution < 1.29 is 9.59 Å². The summed E-state index contributed by atoms with van der Waals surface area (Å²) in [5, 5.41) is 2.86. The molecular formula is C20H25N3O2. The Hall–Kier alpha value is -2.66. The number of hydrogen-bond acceptors (Lipinski definition) is 3. The van der Waals surface area contributed by atoms with Crippen molar-refractivity contribution in [3.8, 4) is 0 Å². The number of benzene rings is 2. The van der Waals surface area contributed by atoms with Gasteiger partial charge in [-0.3, -0.25) is 9.59 Å². The maximum atomic E-state index is 12.1. The van der Waals surface area contributed by atoms with E-state index in [1.54, 1.807) is 25.1 Å². The summed E-state index contributed by atoms with van der Waals surface area (Å²) in [6.45, 7) is 0.487. The van der Waals surface area contributed by atoms with Crippen LogP contribution >= 0.6 is 0 Å². The Labute approximate surface area is 148 Å². The van der Waals surface area contributed by atoms with Crippen LogP contribution in [0.5, 0.6) is 0 Å². The predicted molar refractivity (Wildman–Crippen MR) is 99.3 cm³/mol. The van der Waals surface area contributed by atoms with Crippen LogP contribution in [0.15, 0.2) is 54.6 Å². The monoisotopic (exact) mass is 339 g/mol. The molecule has 0 aromatic heterocycles. The summed E-state index contributed by atoms with van der Waals surface area (Å²) >= 11 is 0. The van der Waals surface area contributed by atoms with Gasteiger partial charge in [-0.05, 0) is 36.1 Å². The first-order valence-corrected chi connectivity index (χ1v) is 8.35. The van der Waals surface area contributed by atoms with Gasteiger partial charge in [0.1, 0.15) is 0 Å². The Kier molecular flexibility index (Phi) is 6.71. The average molecular weight is 339 g/mol. The summed E-state index contributed by atoms with van der Waals surface area (Å²) in [7, 11) is 3.45. The van der Waals surface area contributed by atoms with Gasteiger partial charge in [-0.1, -0.05) is 42.5 Å². The van der Waals surface area contributed by atoms with Gasteiger partial charge in [0.25, 0.3) is 5.91 Å². The van der Waals surface area contributed by atoms with Crippen LogP contribution in [0.1, 0.15) is 21.5 Å². The second kappa shape index (κ2) is 8.99. The highest BCUT2D eigenvalue weighted by Gasteiger charge is 2.13. The Bertz CT molecular complexity index is 714. The van der Waals surface area contributed by atoms with Gasteiger partial charge in [0.05, 0.1) is 6.04 Å². The first kappa shape index (κ1) is 18.7. The van der Waals surface area contributed by atoms with Crippen molar-refractivity contribution in [2.45, 2.75) is 18.9 Å². The van der Waals surface area contributed by atoms with Crippen molar-refractivity contribution in [3.05, 3.63) is 71.3 Å². The highest BCUT2D eigenvalue weighted by Crippen LogP contribution is 2.08. The zero-order valence-corrected chi connectivity index (χ0v) is 14.7. The number of hydrogen-bond donors (Lipinski definition) is 2. The molecule has 0 aliphatic carbocycles. The molecule has 2 rings (SSSR count). The molecule has 5 heteroatoms. The smallest absolute Gasteiger partial charge is 0.253 e. The van der Waals surface area contributed by atoms with Gasteiger partial charge in [0.15, 0.2) is 0 Å². The van der Waals surface area contributed by atoms with Crippen LogP contribution in [0.4, 0.5) is 0 Å². The second-order valence-electron chi connectivity index (χ2n) is 6.24. The van der Waals surface area contributed by atoms with E-state index in [0.29, 0.717) is 24.9 Å². The SMILES string of the molecule is CN(C)C(=O)c1cccc(CCNC(=O)[C@@H](N)Cc2ccccc2)c1. The van der Waals surface area contributed by atoms with Gasteiger partial charge in [0, 0.05) is 26.2 Å². The summed E-state index contributed by atoms with van der Waals surface area (Å²) in [6.07, 6.45) is 1.16. The number of amides is 2. The lowest BCUT2D eigenvalue weighted by Crippen LogP contribution is -2.42. The molecule has 0 fully saturated rings. The average Bonchev–Trinajstić information content (AvgIpc) is 2.62. The third-order valence-corrected chi connectivity index (χ3v) is 3.93. The van der Waals surface area contributed by atoms with Crippen LogP contribution in [0.25, 0.3) is 0 Å². The normalized spacial score (nSPS) is 11.6. The lowest BCUT2D eigenvalue weighted by atomic mass is 10.1. The van der Waals surface area contributed by atoms with Gasteiger partial charge in [0.2, 0.25) is 5.91 Å². The summed E-state index contributed by atoms with van der Waals surface area (Å²) in [5.41, 5.74) is 8.66. The number of nitrogens with two attached hydrogens (primary N) is 1. The van der Waals surface area contributed by atoms with Gasteiger partial charge < -0.3 is 16.0 Å². The molecule has 0 unspecified atom stereocenters. The van der Waals surface area contributed by atoms with Crippen LogP contribution in [0.2, 0.25) is 0 Å². The molecule has 0 spiro atoms. The first-order chi connectivity index (χ1) is 12.0. The Morgan fingerprint density at radius 1 is 1.04 bits per heavy atom. The molecule has 2 amide bonds. The molecule has 0 bridgehead atoms. The maximum absolute atomic E-state index is 12.1. The molecule has 0 saturated heterocycles. The number of nitrogens with one attached hydrogen (secondary N) is 1. The maximum Gasteiger partial charge on any atom is 0.253 e. The summed E-state index contributed by atoms with van der Waals surface area (Å²) in [6, 6.07) is 16.6. The van der Waals surface area contributed by atoms with Gasteiger partial charge >= 0.3 is 0 Å². The van der Waals surface area contributed by atoms with Gasteiger partial charge in [-0.15, -0.1) is 0 Å². The summed E-state index contributed by atoms with van der Waals surface area (Å²) in [4.78, 5) is 25.6. The molecule has 2 aromatic rings. The molecule has 1 atom stereocenters. The lowest BCUT2D eigenvalue weighted by Gasteiger charge is -2.13. The largest absolute Gasteiger partial charge is 0.354 e. The third kappa shape index (κ3) is 5.72. The van der Waals surface area contributed by atoms with Gasteiger partial charge in [-0.25, -0.2) is 0 Å². The van der Waals surface area contributed by atoms with E-state index < -0.39 is 6.04 Å². The number of rotatable bonds is 7. The van der Waals surface area contributed by atoms with Crippen molar-refractivity contribution in [3.63, 3.8) is 0 Å². The molecule has 132 valence electrons. The quantitative estimate of drug-likeness (QED) is 0.805. The fraction of sp³-hybridized carbons (Fsp3) is 0.300. The molecular weight excluding hydrogens is 314 g/mol. The van der Waals surface area contributed by atoms with Crippen LogP contribution in [0.3, 0.4) is 0 Å². The van der Waals surface area contributed by atoms with E-state index in [1.807, 2.05) is 48.5 Å². The Morgan fingerprint density at radius 3 is 2.40 bits per heavy atom. The minimum Gasteiger partial charge on any atom is -0.354 e. The summed E-state index contributed by atoms with van der Waals surface area (Å²) in [5.74, 6) is -0.194. The van der Waals surface area contributed by atoms with Crippen LogP contribution in [-0.4, -0.2) is 43.4 Å². The Balaban J connectivity index is 1.83. The van der Waals surface area contributed by atoms with E-state index in [9.17, 15) is 9.59 Å². The van der Waals surface area contributed by atoms with E-state index in [0.717, 1.165) is 11.1 Å². The number of carbonyl (C=O) groups excluding carboxylic acids is 2. The van der Waals surface area contributed by atoms with Crippen molar-refractivity contribution in [2.24, 2.45) is 5.73 Å². The second-order valence-corrected chi connectivity index (χ2v) is 6.24. The summed E-state index contributed by atoms with van der Waals surface area (Å²) < 4.78 is 0. The van der Waals surface area contributed by atoms with Crippen molar-refractivity contribution in [2.75, 3.05) is 20.6 Å². The van der Waals surface area contributed by atoms with E-state index >= 15 is 0 Å². The minimum atomic E-state index is -0.566. The molecule has 0 radical (unpaired) electrons. The predicted octanol–water partition coefficient (Wildman–Crippen LogP) is 1.62. The van der Waals surface area contributed by atoms with Crippen LogP contribution in [-0.2, 0) is 17.6 Å². The highest BCUT2D eigenvalue weighted by atomic mass is 16.2. The van der Waals surface area contributed by atoms with Crippen LogP contribution in [0, 0.1) is 0 Å². The molecule has 0 heterocycles. The van der Waals surface area contributed by atoms with E-state index in [-0.39, 0.29) is 11.8 Å². The molecule has 25 heavy (non-hydrogen) atoms. The van der Waals surface area contributed by atoms with E-state index in [2.05, 4.69) is 5.32 Å². The number of nitrogens with zero attached hydrogens (tertiary/aromatic N) is 1. The fourth-order valence-corrected chi connectivity index (χ4v) is 2.54. The molecule has 3 N–H and O–H groups in total.